The second kappa shape index (κ2) is 9.78. The second-order valence-electron chi connectivity index (χ2n) is 8.04. The van der Waals surface area contributed by atoms with Gasteiger partial charge in [-0.25, -0.2) is 4.39 Å². The number of hydrogen-bond acceptors (Lipinski definition) is 6. The molecule has 7 nitrogen and oxygen atoms in total. The number of ether oxygens (including phenoxy) is 1. The first-order chi connectivity index (χ1) is 14.6. The quantitative estimate of drug-likeness (QED) is 0.673. The third-order valence-corrected chi connectivity index (χ3v) is 6.60. The average Bonchev–Trinajstić information content (AvgIpc) is 3.39. The van der Waals surface area contributed by atoms with Crippen LogP contribution in [0.1, 0.15) is 32.6 Å². The van der Waals surface area contributed by atoms with Crippen LogP contribution in [0.2, 0.25) is 0 Å². The molecule has 1 aromatic heterocycles. The van der Waals surface area contributed by atoms with Crippen LogP contribution < -0.4 is 10.2 Å². The first-order valence-corrected chi connectivity index (χ1v) is 11.5. The standard InChI is InChI=1S/C21H28FN5O2S/c1-15-8-10-26(11-9-15)20-24-25-21(27(20)13-18-3-2-12-29-18)30-14-19(28)23-17-6-4-16(22)5-7-17/h4-7,15,18H,2-3,8-14H2,1H3,(H,23,28). The predicted octanol–water partition coefficient (Wildman–Crippen LogP) is 3.56. The normalized spacial score (nSPS) is 19.9. The molecule has 2 fully saturated rings. The van der Waals surface area contributed by atoms with Gasteiger partial charge in [-0.3, -0.25) is 9.36 Å². The van der Waals surface area contributed by atoms with Crippen molar-refractivity contribution in [3.05, 3.63) is 30.1 Å². The molecule has 0 saturated carbocycles. The Morgan fingerprint density at radius 2 is 2.00 bits per heavy atom. The molecule has 1 atom stereocenters. The van der Waals surface area contributed by atoms with Crippen LogP contribution in [0, 0.1) is 11.7 Å². The van der Waals surface area contributed by atoms with Gasteiger partial charge >= 0.3 is 0 Å². The number of halogens is 1. The Balaban J connectivity index is 1.43. The number of amides is 1. The minimum Gasteiger partial charge on any atom is -0.376 e. The number of anilines is 2. The van der Waals surface area contributed by atoms with Crippen LogP contribution in [-0.4, -0.2) is 52.2 Å². The van der Waals surface area contributed by atoms with E-state index in [0.717, 1.165) is 62.4 Å². The van der Waals surface area contributed by atoms with E-state index in [2.05, 4.69) is 31.9 Å². The maximum absolute atomic E-state index is 13.0. The highest BCUT2D eigenvalue weighted by atomic mass is 32.2. The molecule has 2 aliphatic heterocycles. The highest BCUT2D eigenvalue weighted by Crippen LogP contribution is 2.28. The molecule has 3 heterocycles. The van der Waals surface area contributed by atoms with Crippen molar-refractivity contribution in [3.8, 4) is 0 Å². The van der Waals surface area contributed by atoms with E-state index in [-0.39, 0.29) is 23.6 Å². The Bertz CT molecular complexity index is 846. The molecule has 162 valence electrons. The Labute approximate surface area is 180 Å². The summed E-state index contributed by atoms with van der Waals surface area (Å²) in [6.45, 7) is 5.73. The summed E-state index contributed by atoms with van der Waals surface area (Å²) in [6.07, 6.45) is 4.57. The molecule has 1 amide bonds. The van der Waals surface area contributed by atoms with Gasteiger partial charge in [-0.1, -0.05) is 18.7 Å². The zero-order valence-electron chi connectivity index (χ0n) is 17.2. The van der Waals surface area contributed by atoms with Crippen LogP contribution in [-0.2, 0) is 16.1 Å². The zero-order valence-corrected chi connectivity index (χ0v) is 18.0. The van der Waals surface area contributed by atoms with E-state index < -0.39 is 0 Å². The van der Waals surface area contributed by atoms with Crippen molar-refractivity contribution in [1.82, 2.24) is 14.8 Å². The van der Waals surface area contributed by atoms with E-state index >= 15 is 0 Å². The molecular weight excluding hydrogens is 405 g/mol. The summed E-state index contributed by atoms with van der Waals surface area (Å²) in [5, 5.41) is 12.4. The second-order valence-corrected chi connectivity index (χ2v) is 8.98. The Kier molecular flexibility index (Phi) is 6.89. The molecule has 2 saturated heterocycles. The molecule has 2 aromatic rings. The minimum atomic E-state index is -0.329. The van der Waals surface area contributed by atoms with Gasteiger partial charge in [0.05, 0.1) is 18.4 Å². The van der Waals surface area contributed by atoms with Crippen LogP contribution in [0.15, 0.2) is 29.4 Å². The van der Waals surface area contributed by atoms with E-state index in [4.69, 9.17) is 4.74 Å². The molecule has 1 unspecified atom stereocenters. The molecule has 1 N–H and O–H groups in total. The third-order valence-electron chi connectivity index (χ3n) is 5.63. The zero-order chi connectivity index (χ0) is 20.9. The summed E-state index contributed by atoms with van der Waals surface area (Å²) < 4.78 is 21.0. The van der Waals surface area contributed by atoms with Crippen molar-refractivity contribution < 1.29 is 13.9 Å². The molecule has 0 aliphatic carbocycles. The predicted molar refractivity (Wildman–Crippen MR) is 115 cm³/mol. The first kappa shape index (κ1) is 21.1. The Hall–Kier alpha value is -2.13. The number of rotatable bonds is 7. The molecule has 9 heteroatoms. The number of nitrogens with one attached hydrogen (secondary N) is 1. The Morgan fingerprint density at radius 3 is 2.70 bits per heavy atom. The van der Waals surface area contributed by atoms with Crippen LogP contribution in [0.5, 0.6) is 0 Å². The largest absolute Gasteiger partial charge is 0.376 e. The van der Waals surface area contributed by atoms with E-state index in [1.807, 2.05) is 0 Å². The van der Waals surface area contributed by atoms with Crippen molar-refractivity contribution in [2.24, 2.45) is 5.92 Å². The first-order valence-electron chi connectivity index (χ1n) is 10.6. The van der Waals surface area contributed by atoms with Gasteiger partial charge in [-0.2, -0.15) is 0 Å². The van der Waals surface area contributed by atoms with E-state index in [0.29, 0.717) is 12.2 Å². The fraction of sp³-hybridized carbons (Fsp3) is 0.571. The smallest absolute Gasteiger partial charge is 0.234 e. The summed E-state index contributed by atoms with van der Waals surface area (Å²) in [5.41, 5.74) is 0.575. The topological polar surface area (TPSA) is 72.3 Å². The van der Waals surface area contributed by atoms with Gasteiger partial charge in [0.2, 0.25) is 11.9 Å². The number of nitrogens with zero attached hydrogens (tertiary/aromatic N) is 4. The highest BCUT2D eigenvalue weighted by molar-refractivity contribution is 7.99. The number of aromatic nitrogens is 3. The summed E-state index contributed by atoms with van der Waals surface area (Å²) in [7, 11) is 0. The van der Waals surface area contributed by atoms with E-state index in [9.17, 15) is 9.18 Å². The van der Waals surface area contributed by atoms with Crippen LogP contribution >= 0.6 is 11.8 Å². The summed E-state index contributed by atoms with van der Waals surface area (Å²) in [4.78, 5) is 14.6. The molecule has 4 rings (SSSR count). The third kappa shape index (κ3) is 5.31. The molecule has 1 aromatic carbocycles. The van der Waals surface area contributed by atoms with Crippen LogP contribution in [0.3, 0.4) is 0 Å². The molecule has 30 heavy (non-hydrogen) atoms. The van der Waals surface area contributed by atoms with Gasteiger partial charge in [0.1, 0.15) is 5.82 Å². The SMILES string of the molecule is CC1CCN(c2nnc(SCC(=O)Nc3ccc(F)cc3)n2CC2CCCO2)CC1. The number of hydrogen-bond donors (Lipinski definition) is 1. The van der Waals surface area contributed by atoms with Crippen molar-refractivity contribution in [3.63, 3.8) is 0 Å². The molecule has 2 aliphatic rings. The maximum Gasteiger partial charge on any atom is 0.234 e. The van der Waals surface area contributed by atoms with Gasteiger partial charge < -0.3 is 15.0 Å². The minimum absolute atomic E-state index is 0.161. The molecule has 0 bridgehead atoms. The number of piperidine rings is 1. The van der Waals surface area contributed by atoms with Gasteiger partial charge in [0, 0.05) is 25.4 Å². The number of carbonyl (C=O) groups excluding carboxylic acids is 1. The summed E-state index contributed by atoms with van der Waals surface area (Å²) in [5.74, 6) is 1.33. The lowest BCUT2D eigenvalue weighted by Crippen LogP contribution is -2.35. The summed E-state index contributed by atoms with van der Waals surface area (Å²) >= 11 is 1.37. The average molecular weight is 434 g/mol. The van der Waals surface area contributed by atoms with E-state index in [1.165, 1.54) is 23.9 Å². The lowest BCUT2D eigenvalue weighted by molar-refractivity contribution is -0.113. The summed E-state index contributed by atoms with van der Waals surface area (Å²) in [6, 6.07) is 5.75. The highest BCUT2D eigenvalue weighted by Gasteiger charge is 2.26. The van der Waals surface area contributed by atoms with Crippen molar-refractivity contribution in [2.45, 2.75) is 50.4 Å². The fourth-order valence-corrected chi connectivity index (χ4v) is 4.59. The van der Waals surface area contributed by atoms with Crippen molar-refractivity contribution in [1.29, 1.82) is 0 Å². The van der Waals surface area contributed by atoms with Crippen LogP contribution in [0.25, 0.3) is 0 Å². The number of carbonyl (C=O) groups is 1. The van der Waals surface area contributed by atoms with Crippen molar-refractivity contribution >= 4 is 29.3 Å². The monoisotopic (exact) mass is 433 g/mol. The maximum atomic E-state index is 13.0. The molecular formula is C21H28FN5O2S. The Morgan fingerprint density at radius 1 is 1.23 bits per heavy atom. The van der Waals surface area contributed by atoms with Gasteiger partial charge in [-0.15, -0.1) is 10.2 Å². The van der Waals surface area contributed by atoms with E-state index in [1.54, 1.807) is 12.1 Å². The number of thioether (sulfide) groups is 1. The molecule has 0 radical (unpaired) electrons. The van der Waals surface area contributed by atoms with Gasteiger partial charge in [0.15, 0.2) is 5.16 Å². The van der Waals surface area contributed by atoms with Crippen molar-refractivity contribution in [2.75, 3.05) is 35.7 Å². The number of benzene rings is 1. The van der Waals surface area contributed by atoms with Gasteiger partial charge in [-0.05, 0) is 55.9 Å². The van der Waals surface area contributed by atoms with Gasteiger partial charge in [0.25, 0.3) is 0 Å². The lowest BCUT2D eigenvalue weighted by Gasteiger charge is -2.31. The lowest BCUT2D eigenvalue weighted by atomic mass is 10.00. The fourth-order valence-electron chi connectivity index (χ4n) is 3.84. The van der Waals surface area contributed by atoms with Crippen LogP contribution in [0.4, 0.5) is 16.0 Å². The molecule has 0 spiro atoms.